The lowest BCUT2D eigenvalue weighted by Gasteiger charge is -2.45. The molecule has 0 radical (unpaired) electrons. The van der Waals surface area contributed by atoms with Gasteiger partial charge in [-0.1, -0.05) is 20.3 Å². The summed E-state index contributed by atoms with van der Waals surface area (Å²) in [5, 5.41) is 3.11. The Kier molecular flexibility index (Phi) is 5.74. The van der Waals surface area contributed by atoms with Gasteiger partial charge >= 0.3 is 0 Å². The van der Waals surface area contributed by atoms with E-state index in [9.17, 15) is 14.4 Å². The summed E-state index contributed by atoms with van der Waals surface area (Å²) in [6.07, 6.45) is 6.24. The van der Waals surface area contributed by atoms with Crippen molar-refractivity contribution in [3.05, 3.63) is 33.2 Å². The first-order chi connectivity index (χ1) is 12.7. The van der Waals surface area contributed by atoms with Crippen LogP contribution in [-0.2, 0) is 6.42 Å². The molecule has 2 unspecified atom stereocenters. The molecule has 2 atom stereocenters. The average Bonchev–Trinajstić information content (AvgIpc) is 2.53. The molecule has 0 aromatic carbocycles. The number of pyridine rings is 1. The molecule has 1 amide bonds. The van der Waals surface area contributed by atoms with E-state index in [1.54, 1.807) is 0 Å². The third-order valence-corrected chi connectivity index (χ3v) is 6.64. The van der Waals surface area contributed by atoms with Crippen molar-refractivity contribution < 1.29 is 9.59 Å². The summed E-state index contributed by atoms with van der Waals surface area (Å²) in [5.41, 5.74) is 6.77. The number of hydrogen-bond acceptors (Lipinski definition) is 4. The summed E-state index contributed by atoms with van der Waals surface area (Å²) in [6.45, 7) is 4.03. The van der Waals surface area contributed by atoms with Crippen molar-refractivity contribution in [2.75, 3.05) is 0 Å². The van der Waals surface area contributed by atoms with E-state index in [4.69, 9.17) is 5.73 Å². The standard InChI is InChI=1S/C21H29N3O3.ClH/c1-21(2)9-16-14(17(25)10-21)8-15(19(26)23-16)20(27)24-18-11-4-3-5-12(18)7-13(22)6-11;/h8,11-13,18H,3-7,9-10,22H2,1-2H3,(H,23,26)(H,24,27);1H. The van der Waals surface area contributed by atoms with E-state index < -0.39 is 5.56 Å². The fourth-order valence-electron chi connectivity index (χ4n) is 5.45. The van der Waals surface area contributed by atoms with Gasteiger partial charge in [0, 0.05) is 29.8 Å². The normalized spacial score (nSPS) is 30.8. The number of carbonyl (C=O) groups is 2. The molecule has 1 heterocycles. The molecule has 0 aliphatic heterocycles. The lowest BCUT2D eigenvalue weighted by Crippen LogP contribution is -2.54. The second-order valence-electron chi connectivity index (χ2n) is 9.53. The largest absolute Gasteiger partial charge is 0.349 e. The smallest absolute Gasteiger partial charge is 0.261 e. The Morgan fingerprint density at radius 1 is 1.18 bits per heavy atom. The SMILES string of the molecule is CC1(C)CC(=O)c2cc(C(=O)NC3C4CCCC3CC(N)C4)c(=O)[nH]c2C1.Cl. The first-order valence-corrected chi connectivity index (χ1v) is 10.1. The Labute approximate surface area is 171 Å². The molecule has 0 saturated heterocycles. The van der Waals surface area contributed by atoms with Gasteiger partial charge in [0.15, 0.2) is 5.78 Å². The number of ketones is 1. The molecule has 6 nitrogen and oxygen atoms in total. The lowest BCUT2D eigenvalue weighted by atomic mass is 9.67. The van der Waals surface area contributed by atoms with Crippen molar-refractivity contribution in [1.82, 2.24) is 10.3 Å². The van der Waals surface area contributed by atoms with Gasteiger partial charge in [-0.2, -0.15) is 0 Å². The van der Waals surface area contributed by atoms with E-state index in [0.717, 1.165) is 25.7 Å². The van der Waals surface area contributed by atoms with Crippen LogP contribution < -0.4 is 16.6 Å². The number of hydrogen-bond donors (Lipinski definition) is 3. The monoisotopic (exact) mass is 407 g/mol. The number of nitrogens with one attached hydrogen (secondary N) is 2. The van der Waals surface area contributed by atoms with Crippen LogP contribution >= 0.6 is 12.4 Å². The number of halogens is 1. The van der Waals surface area contributed by atoms with Gasteiger partial charge < -0.3 is 16.0 Å². The number of H-pyrrole nitrogens is 1. The Hall–Kier alpha value is -1.66. The van der Waals surface area contributed by atoms with Crippen LogP contribution in [0.1, 0.15) is 78.8 Å². The van der Waals surface area contributed by atoms with Crippen molar-refractivity contribution >= 4 is 24.1 Å². The van der Waals surface area contributed by atoms with Gasteiger partial charge in [0.2, 0.25) is 0 Å². The maximum atomic E-state index is 12.9. The van der Waals surface area contributed by atoms with Gasteiger partial charge in [0.05, 0.1) is 0 Å². The minimum atomic E-state index is -0.408. The van der Waals surface area contributed by atoms with Gasteiger partial charge in [0.1, 0.15) is 5.56 Å². The molecule has 3 aliphatic rings. The number of fused-ring (bicyclic) bond motifs is 3. The van der Waals surface area contributed by atoms with Crippen molar-refractivity contribution in [3.8, 4) is 0 Å². The van der Waals surface area contributed by atoms with Crippen LogP contribution in [0.25, 0.3) is 0 Å². The Morgan fingerprint density at radius 2 is 1.82 bits per heavy atom. The molecule has 1 aromatic heterocycles. The number of amides is 1. The second-order valence-corrected chi connectivity index (χ2v) is 9.53. The van der Waals surface area contributed by atoms with Crippen LogP contribution in [0, 0.1) is 17.3 Å². The first-order valence-electron chi connectivity index (χ1n) is 10.1. The zero-order valence-electron chi connectivity index (χ0n) is 16.5. The topological polar surface area (TPSA) is 105 Å². The molecule has 7 heteroatoms. The predicted octanol–water partition coefficient (Wildman–Crippen LogP) is 2.59. The van der Waals surface area contributed by atoms with Gasteiger partial charge in [-0.15, -0.1) is 12.4 Å². The summed E-state index contributed by atoms with van der Waals surface area (Å²) in [4.78, 5) is 40.7. The fraction of sp³-hybridized carbons (Fsp3) is 0.667. The molecule has 1 aromatic rings. The zero-order chi connectivity index (χ0) is 19.3. The van der Waals surface area contributed by atoms with E-state index in [0.29, 0.717) is 35.9 Å². The Balaban J connectivity index is 0.00000225. The minimum absolute atomic E-state index is 0. The van der Waals surface area contributed by atoms with E-state index in [1.807, 2.05) is 13.8 Å². The van der Waals surface area contributed by atoms with E-state index in [1.165, 1.54) is 12.5 Å². The van der Waals surface area contributed by atoms with Crippen molar-refractivity contribution in [2.45, 2.75) is 70.9 Å². The van der Waals surface area contributed by atoms with Crippen molar-refractivity contribution in [2.24, 2.45) is 23.0 Å². The van der Waals surface area contributed by atoms with E-state index >= 15 is 0 Å². The number of nitrogens with two attached hydrogens (primary N) is 1. The maximum Gasteiger partial charge on any atom is 0.261 e. The quantitative estimate of drug-likeness (QED) is 0.700. The highest BCUT2D eigenvalue weighted by Crippen LogP contribution is 2.40. The van der Waals surface area contributed by atoms with Crippen LogP contribution in [0.5, 0.6) is 0 Å². The number of Topliss-reactive ketones (excluding diaryl/α,β-unsaturated/α-hetero) is 1. The van der Waals surface area contributed by atoms with Crippen LogP contribution in [0.15, 0.2) is 10.9 Å². The number of aromatic nitrogens is 1. The van der Waals surface area contributed by atoms with Gasteiger partial charge in [-0.25, -0.2) is 0 Å². The van der Waals surface area contributed by atoms with Crippen molar-refractivity contribution in [3.63, 3.8) is 0 Å². The summed E-state index contributed by atoms with van der Waals surface area (Å²) in [5.74, 6) is 0.396. The van der Waals surface area contributed by atoms with Crippen LogP contribution in [0.4, 0.5) is 0 Å². The van der Waals surface area contributed by atoms with E-state index in [-0.39, 0.29) is 47.2 Å². The summed E-state index contributed by atoms with van der Waals surface area (Å²) in [6, 6.07) is 1.79. The molecule has 3 aliphatic carbocycles. The third-order valence-electron chi connectivity index (χ3n) is 6.64. The van der Waals surface area contributed by atoms with Gasteiger partial charge in [-0.3, -0.25) is 14.4 Å². The minimum Gasteiger partial charge on any atom is -0.349 e. The Morgan fingerprint density at radius 3 is 2.46 bits per heavy atom. The molecule has 4 N–H and O–H groups in total. The number of rotatable bonds is 2. The summed E-state index contributed by atoms with van der Waals surface area (Å²) < 4.78 is 0. The first kappa shape index (κ1) is 21.1. The average molecular weight is 408 g/mol. The molecule has 0 spiro atoms. The molecule has 28 heavy (non-hydrogen) atoms. The van der Waals surface area contributed by atoms with Gasteiger partial charge in [0.25, 0.3) is 11.5 Å². The van der Waals surface area contributed by atoms with E-state index in [2.05, 4.69) is 10.3 Å². The molecular formula is C21H30ClN3O3. The van der Waals surface area contributed by atoms with Crippen LogP contribution in [-0.4, -0.2) is 28.8 Å². The highest BCUT2D eigenvalue weighted by molar-refractivity contribution is 6.02. The number of aromatic amines is 1. The molecule has 4 rings (SSSR count). The molecule has 2 saturated carbocycles. The highest BCUT2D eigenvalue weighted by Gasteiger charge is 2.40. The van der Waals surface area contributed by atoms with Crippen LogP contribution in [0.2, 0.25) is 0 Å². The molecular weight excluding hydrogens is 378 g/mol. The summed E-state index contributed by atoms with van der Waals surface area (Å²) in [7, 11) is 0. The Bertz CT molecular complexity index is 834. The third kappa shape index (κ3) is 3.90. The molecule has 2 bridgehead atoms. The van der Waals surface area contributed by atoms with Crippen LogP contribution in [0.3, 0.4) is 0 Å². The van der Waals surface area contributed by atoms with Gasteiger partial charge in [-0.05, 0) is 55.4 Å². The second kappa shape index (κ2) is 7.64. The zero-order valence-corrected chi connectivity index (χ0v) is 17.4. The molecule has 2 fully saturated rings. The highest BCUT2D eigenvalue weighted by atomic mass is 35.5. The summed E-state index contributed by atoms with van der Waals surface area (Å²) >= 11 is 0. The molecule has 154 valence electrons. The number of carbonyl (C=O) groups excluding carboxylic acids is 2. The fourth-order valence-corrected chi connectivity index (χ4v) is 5.45. The lowest BCUT2D eigenvalue weighted by molar-refractivity contribution is 0.0754. The van der Waals surface area contributed by atoms with Crippen molar-refractivity contribution in [1.29, 1.82) is 0 Å². The predicted molar refractivity (Wildman–Crippen MR) is 110 cm³/mol. The maximum absolute atomic E-state index is 12.9.